The lowest BCUT2D eigenvalue weighted by Crippen LogP contribution is -2.65. The molecule has 272 valence electrons. The summed E-state index contributed by atoms with van der Waals surface area (Å²) >= 11 is 0. The molecular formula is C27H45NO19. The summed E-state index contributed by atoms with van der Waals surface area (Å²) in [5, 5.41) is 124. The first-order valence-electron chi connectivity index (χ1n) is 15.4. The Hall–Kier alpha value is -1.25. The first kappa shape index (κ1) is 37.0. The number of fused-ring (bicyclic) bond motifs is 1. The molecule has 0 aromatic heterocycles. The molecule has 4 heterocycles. The van der Waals surface area contributed by atoms with Crippen LogP contribution in [0.2, 0.25) is 0 Å². The van der Waals surface area contributed by atoms with Gasteiger partial charge in [-0.25, -0.2) is 4.99 Å². The predicted molar refractivity (Wildman–Crippen MR) is 147 cm³/mol. The summed E-state index contributed by atoms with van der Waals surface area (Å²) < 4.78 is 39.6. The Bertz CT molecular complexity index is 1060. The van der Waals surface area contributed by atoms with Crippen molar-refractivity contribution in [2.24, 2.45) is 10.9 Å². The molecule has 12 N–H and O–H groups in total. The molecule has 20 heteroatoms. The molecule has 0 bridgehead atoms. The van der Waals surface area contributed by atoms with Gasteiger partial charge in [0.05, 0.1) is 32.0 Å². The van der Waals surface area contributed by atoms with Gasteiger partial charge in [-0.1, -0.05) is 0 Å². The summed E-state index contributed by atoms with van der Waals surface area (Å²) in [7, 11) is 0. The minimum absolute atomic E-state index is 0.177. The van der Waals surface area contributed by atoms with Crippen LogP contribution in [0.15, 0.2) is 4.99 Å². The van der Waals surface area contributed by atoms with E-state index in [0.717, 1.165) is 0 Å². The van der Waals surface area contributed by atoms with Crippen molar-refractivity contribution in [3.05, 3.63) is 0 Å². The van der Waals surface area contributed by atoms with Crippen LogP contribution < -0.4 is 0 Å². The Morgan fingerprint density at radius 2 is 1.26 bits per heavy atom. The van der Waals surface area contributed by atoms with Crippen molar-refractivity contribution in [3.8, 4) is 0 Å². The van der Waals surface area contributed by atoms with Crippen molar-refractivity contribution in [1.82, 2.24) is 0 Å². The van der Waals surface area contributed by atoms with E-state index < -0.39 is 149 Å². The predicted octanol–water partition coefficient (Wildman–Crippen LogP) is -7.62. The lowest BCUT2D eigenvalue weighted by molar-refractivity contribution is -0.357. The van der Waals surface area contributed by atoms with E-state index in [0.29, 0.717) is 0 Å². The normalized spacial score (nSPS) is 52.1. The number of hydrogen-bond acceptors (Lipinski definition) is 20. The van der Waals surface area contributed by atoms with Crippen LogP contribution in [-0.2, 0) is 33.2 Å². The average Bonchev–Trinajstić information content (AvgIpc) is 3.44. The first-order chi connectivity index (χ1) is 22.3. The number of nitrogens with zero attached hydrogens (tertiary/aromatic N) is 1. The first-order valence-corrected chi connectivity index (χ1v) is 15.4. The van der Waals surface area contributed by atoms with Crippen LogP contribution in [0.5, 0.6) is 0 Å². The van der Waals surface area contributed by atoms with Gasteiger partial charge in [-0.2, -0.15) is 0 Å². The van der Waals surface area contributed by atoms with Crippen LogP contribution >= 0.6 is 0 Å². The van der Waals surface area contributed by atoms with Gasteiger partial charge < -0.3 is 94.4 Å². The third-order valence-corrected chi connectivity index (χ3v) is 9.31. The molecule has 20 nitrogen and oxygen atoms in total. The number of hydrogen-bond donors (Lipinski definition) is 12. The third-order valence-electron chi connectivity index (χ3n) is 9.31. The van der Waals surface area contributed by atoms with Gasteiger partial charge in [0.25, 0.3) is 0 Å². The smallest absolute Gasteiger partial charge is 0.227 e. The molecular weight excluding hydrogens is 642 g/mol. The van der Waals surface area contributed by atoms with Crippen LogP contribution in [0.4, 0.5) is 0 Å². The molecule has 0 amide bonds. The minimum atomic E-state index is -1.88. The van der Waals surface area contributed by atoms with Gasteiger partial charge in [0.1, 0.15) is 85.4 Å². The fourth-order valence-corrected chi connectivity index (χ4v) is 6.51. The topological polar surface area (TPSA) is 320 Å². The monoisotopic (exact) mass is 687 g/mol. The second-order valence-corrected chi connectivity index (χ2v) is 12.4. The summed E-state index contributed by atoms with van der Waals surface area (Å²) in [6, 6.07) is -0.931. The third kappa shape index (κ3) is 7.31. The standard InChI is InChI=1S/C27H45NO19/c1-7-28-13-18(36)23(11(5-31)45-25(13)42-7)47-26-22(40)20(38)17(35)12(46-26)6-41-27-24(21(39)16(34)10(4-30)44-27)43-9-2-8(3-29)14(32)19(37)15(9)33/h8-27,29-40H,2-6H2,1H3/t8?,9-,10?,11?,12?,13?,14+,15?,16+,17+,18+,19-,20?,21-,22-,23+,24?,25-,26-,27-/m0/s1. The van der Waals surface area contributed by atoms with E-state index >= 15 is 0 Å². The van der Waals surface area contributed by atoms with Crippen molar-refractivity contribution >= 4 is 5.90 Å². The van der Waals surface area contributed by atoms with Gasteiger partial charge in [-0.3, -0.25) is 0 Å². The molecule has 4 fully saturated rings. The molecule has 0 aromatic carbocycles. The second-order valence-electron chi connectivity index (χ2n) is 12.4. The summed E-state index contributed by atoms with van der Waals surface area (Å²) in [6.07, 6.45) is -28.1. The molecule has 5 aliphatic rings. The molecule has 47 heavy (non-hydrogen) atoms. The van der Waals surface area contributed by atoms with Crippen molar-refractivity contribution in [1.29, 1.82) is 0 Å². The lowest BCUT2D eigenvalue weighted by atomic mass is 9.81. The zero-order chi connectivity index (χ0) is 34.3. The van der Waals surface area contributed by atoms with Crippen LogP contribution in [-0.4, -0.2) is 210 Å². The molecule has 3 saturated heterocycles. The quantitative estimate of drug-likeness (QED) is 0.101. The molecule has 0 aromatic rings. The lowest BCUT2D eigenvalue weighted by Gasteiger charge is -2.47. The summed E-state index contributed by atoms with van der Waals surface area (Å²) in [6.45, 7) is -1.09. The molecule has 20 atom stereocenters. The molecule has 4 aliphatic heterocycles. The highest BCUT2D eigenvalue weighted by Crippen LogP contribution is 2.35. The highest BCUT2D eigenvalue weighted by molar-refractivity contribution is 5.75. The Kier molecular flexibility index (Phi) is 12.1. The van der Waals surface area contributed by atoms with Gasteiger partial charge in [0.2, 0.25) is 6.29 Å². The number of aliphatic hydroxyl groups excluding tert-OH is 12. The Morgan fingerprint density at radius 1 is 0.617 bits per heavy atom. The average molecular weight is 688 g/mol. The van der Waals surface area contributed by atoms with Crippen molar-refractivity contribution in [2.75, 3.05) is 26.4 Å². The number of rotatable bonds is 10. The van der Waals surface area contributed by atoms with Crippen LogP contribution in [0.3, 0.4) is 0 Å². The van der Waals surface area contributed by atoms with Crippen LogP contribution in [0.25, 0.3) is 0 Å². The van der Waals surface area contributed by atoms with Crippen molar-refractivity contribution in [2.45, 2.75) is 130 Å². The van der Waals surface area contributed by atoms with E-state index in [-0.39, 0.29) is 12.3 Å². The Balaban J connectivity index is 1.29. The highest BCUT2D eigenvalue weighted by atomic mass is 16.8. The maximum Gasteiger partial charge on any atom is 0.227 e. The summed E-state index contributed by atoms with van der Waals surface area (Å²) in [5.41, 5.74) is 0. The molecule has 0 radical (unpaired) electrons. The van der Waals surface area contributed by atoms with E-state index in [4.69, 9.17) is 33.2 Å². The van der Waals surface area contributed by atoms with E-state index in [1.165, 1.54) is 0 Å². The largest absolute Gasteiger partial charge is 0.450 e. The summed E-state index contributed by atoms with van der Waals surface area (Å²) in [4.78, 5) is 4.15. The van der Waals surface area contributed by atoms with Gasteiger partial charge in [-0.05, 0) is 6.42 Å². The zero-order valence-corrected chi connectivity index (χ0v) is 25.3. The zero-order valence-electron chi connectivity index (χ0n) is 25.3. The molecule has 5 rings (SSSR count). The van der Waals surface area contributed by atoms with Crippen LogP contribution in [0, 0.1) is 5.92 Å². The number of aliphatic imine (C=N–C) groups is 1. The maximum atomic E-state index is 10.9. The van der Waals surface area contributed by atoms with Gasteiger partial charge in [0, 0.05) is 19.4 Å². The van der Waals surface area contributed by atoms with E-state index in [1.807, 2.05) is 0 Å². The fourth-order valence-electron chi connectivity index (χ4n) is 6.51. The highest BCUT2D eigenvalue weighted by Gasteiger charge is 2.54. The van der Waals surface area contributed by atoms with Gasteiger partial charge in [-0.15, -0.1) is 0 Å². The fraction of sp³-hybridized carbons (Fsp3) is 0.963. The second kappa shape index (κ2) is 15.3. The van der Waals surface area contributed by atoms with Gasteiger partial charge >= 0.3 is 0 Å². The number of ether oxygens (including phenoxy) is 7. The summed E-state index contributed by atoms with van der Waals surface area (Å²) in [5.74, 6) is -0.680. The molecule has 1 saturated carbocycles. The van der Waals surface area contributed by atoms with E-state index in [1.54, 1.807) is 6.92 Å². The minimum Gasteiger partial charge on any atom is -0.450 e. The SMILES string of the molecule is CC1=NC2[C@@H](O1)OC(CO)[C@@H](O[C@@H]1OC(CO[C@H]3OC(CO)[C@@H](O)[C@H](O)C3O[C@H]3CC(CO)[C@@H](O)[C@H](O)C3O)[C@@H](O)C(O)[C@@H]1O)[C@@H]2O. The Labute approximate surface area is 267 Å². The van der Waals surface area contributed by atoms with E-state index in [2.05, 4.69) is 4.99 Å². The molecule has 0 spiro atoms. The van der Waals surface area contributed by atoms with Crippen molar-refractivity contribution in [3.63, 3.8) is 0 Å². The van der Waals surface area contributed by atoms with Gasteiger partial charge in [0.15, 0.2) is 18.5 Å². The number of aliphatic hydroxyl groups is 12. The van der Waals surface area contributed by atoms with Crippen molar-refractivity contribution < 1.29 is 94.4 Å². The maximum absolute atomic E-state index is 10.9. The molecule has 1 aliphatic carbocycles. The Morgan fingerprint density at radius 3 is 1.91 bits per heavy atom. The van der Waals surface area contributed by atoms with Crippen LogP contribution in [0.1, 0.15) is 13.3 Å². The molecule has 8 unspecified atom stereocenters. The van der Waals surface area contributed by atoms with E-state index in [9.17, 15) is 61.3 Å².